The predicted molar refractivity (Wildman–Crippen MR) is 154 cm³/mol. The molecule has 0 amide bonds. The first-order valence-corrected chi connectivity index (χ1v) is 15.2. The fraction of sp³-hybridized carbons (Fsp3) is 0.189. The fourth-order valence-corrected chi connectivity index (χ4v) is 7.86. The van der Waals surface area contributed by atoms with Gasteiger partial charge >= 0.3 is 242 Å². The van der Waals surface area contributed by atoms with E-state index in [9.17, 15) is 0 Å². The molecule has 4 aromatic rings. The summed E-state index contributed by atoms with van der Waals surface area (Å²) in [7, 11) is 0. The minimum absolute atomic E-state index is 0. The van der Waals surface area contributed by atoms with Gasteiger partial charge in [0.15, 0.2) is 0 Å². The average Bonchev–Trinajstić information content (AvgIpc) is 3.72. The normalized spacial score (nSPS) is 14.9. The van der Waals surface area contributed by atoms with Crippen LogP contribution in [0.4, 0.5) is 0 Å². The number of hydrogen-bond acceptors (Lipinski definition) is 0. The molecule has 0 heterocycles. The second-order valence-corrected chi connectivity index (χ2v) is 12.2. The summed E-state index contributed by atoms with van der Waals surface area (Å²) in [5, 5.41) is 5.92. The van der Waals surface area contributed by atoms with Gasteiger partial charge in [0.1, 0.15) is 0 Å². The predicted octanol–water partition coefficient (Wildman–Crippen LogP) is 1.25. The molecule has 0 aromatic heterocycles. The van der Waals surface area contributed by atoms with Crippen molar-refractivity contribution in [3.63, 3.8) is 0 Å². The molecular weight excluding hydrogens is 607 g/mol. The number of rotatable bonds is 5. The van der Waals surface area contributed by atoms with Gasteiger partial charge in [-0.1, -0.05) is 0 Å². The van der Waals surface area contributed by atoms with E-state index in [-0.39, 0.29) is 24.8 Å². The summed E-state index contributed by atoms with van der Waals surface area (Å²) < 4.78 is 1.53. The van der Waals surface area contributed by atoms with Gasteiger partial charge in [-0.15, -0.1) is 0 Å². The molecule has 7 rings (SSSR count). The van der Waals surface area contributed by atoms with Crippen molar-refractivity contribution in [1.29, 1.82) is 0 Å². The van der Waals surface area contributed by atoms with E-state index >= 15 is 0 Å². The molecule has 0 unspecified atom stereocenters. The Labute approximate surface area is 264 Å². The molecule has 0 bridgehead atoms. The summed E-state index contributed by atoms with van der Waals surface area (Å²) in [4.78, 5) is 0. The van der Waals surface area contributed by atoms with E-state index in [1.165, 1.54) is 103 Å². The monoisotopic (exact) mass is 635 g/mol. The summed E-state index contributed by atoms with van der Waals surface area (Å²) in [6.07, 6.45) is 15.1. The van der Waals surface area contributed by atoms with Crippen LogP contribution in [0.3, 0.4) is 0 Å². The number of benzene rings is 4. The van der Waals surface area contributed by atoms with E-state index < -0.39 is 0 Å². The minimum atomic E-state index is 0. The van der Waals surface area contributed by atoms with Crippen molar-refractivity contribution in [2.24, 2.45) is 0 Å². The fourth-order valence-electron chi connectivity index (χ4n) is 6.68. The second-order valence-electron chi connectivity index (χ2n) is 10.9. The Kier molecular flexibility index (Phi) is 9.16. The molecule has 3 heteroatoms. The Morgan fingerprint density at radius 3 is 1.95 bits per heavy atom. The molecule has 0 nitrogen and oxygen atoms in total. The Balaban J connectivity index is 0.00000161. The molecule has 0 spiro atoms. The van der Waals surface area contributed by atoms with Gasteiger partial charge in [-0.2, -0.15) is 0 Å². The van der Waals surface area contributed by atoms with Gasteiger partial charge in [-0.05, 0) is 0 Å². The van der Waals surface area contributed by atoms with Gasteiger partial charge in [0.25, 0.3) is 0 Å². The van der Waals surface area contributed by atoms with E-state index in [4.69, 9.17) is 0 Å². The maximum absolute atomic E-state index is 2.58. The van der Waals surface area contributed by atoms with Gasteiger partial charge in [-0.3, -0.25) is 0 Å². The van der Waals surface area contributed by atoms with Crippen molar-refractivity contribution in [3.05, 3.63) is 157 Å². The van der Waals surface area contributed by atoms with Crippen LogP contribution in [0.5, 0.6) is 0 Å². The van der Waals surface area contributed by atoms with Crippen LogP contribution in [0.1, 0.15) is 65.5 Å². The second kappa shape index (κ2) is 12.6. The molecule has 1 fully saturated rings. The quantitative estimate of drug-likeness (QED) is 0.309. The van der Waals surface area contributed by atoms with Crippen LogP contribution in [-0.2, 0) is 37.6 Å². The first kappa shape index (κ1) is 29.1. The SMILES string of the molecule is [Cl-].[Cl-].[Zr+2][C]1=c2ccc(Cc3ccccc3)cc2=c2cc(Cc3ccccc3)c(=C3CCCC3)c(C3=CC=CC3)c21. The van der Waals surface area contributed by atoms with Gasteiger partial charge < -0.3 is 24.8 Å². The zero-order valence-electron chi connectivity index (χ0n) is 22.5. The topological polar surface area (TPSA) is 0 Å². The van der Waals surface area contributed by atoms with E-state index in [2.05, 4.69) is 103 Å². The molecule has 1 saturated carbocycles. The molecular formula is C37H31Cl2Zr. The van der Waals surface area contributed by atoms with Gasteiger partial charge in [0.2, 0.25) is 0 Å². The van der Waals surface area contributed by atoms with E-state index in [0.29, 0.717) is 0 Å². The van der Waals surface area contributed by atoms with Crippen molar-refractivity contribution in [3.8, 4) is 0 Å². The van der Waals surface area contributed by atoms with Crippen molar-refractivity contribution in [1.82, 2.24) is 0 Å². The first-order chi connectivity index (χ1) is 18.8. The van der Waals surface area contributed by atoms with E-state index in [0.717, 1.165) is 19.3 Å². The molecule has 0 atom stereocenters. The zero-order valence-corrected chi connectivity index (χ0v) is 26.5. The van der Waals surface area contributed by atoms with Crippen molar-refractivity contribution in [2.45, 2.75) is 44.9 Å². The Bertz CT molecular complexity index is 1830. The summed E-state index contributed by atoms with van der Waals surface area (Å²) in [6.45, 7) is 0. The number of hydrogen-bond donors (Lipinski definition) is 0. The summed E-state index contributed by atoms with van der Waals surface area (Å²) in [5.41, 5.74) is 11.9. The van der Waals surface area contributed by atoms with E-state index in [1.54, 1.807) is 16.4 Å². The third kappa shape index (κ3) is 5.42. The summed E-state index contributed by atoms with van der Waals surface area (Å²) in [5.74, 6) is 0. The standard InChI is InChI=1S/C37H31.2ClH.Zr/c1-3-11-26(12-4-1)21-28-19-20-31-24-35-34(33(31)23-28)25-32(22-27-13-5-2-6-14-27)36(29-15-7-8-16-29)37(35)30-17-9-10-18-30;;;/h1-6,9-14,17,19-20,23,25H,7-8,15-16,18,21-22H2;2*1H;/q;;;+2/p-2. The Morgan fingerprint density at radius 2 is 1.30 bits per heavy atom. The molecule has 0 N–H and O–H groups in total. The van der Waals surface area contributed by atoms with Crippen LogP contribution in [0.2, 0.25) is 0 Å². The zero-order chi connectivity index (χ0) is 25.5. The third-order valence-corrected chi connectivity index (χ3v) is 9.72. The van der Waals surface area contributed by atoms with Gasteiger partial charge in [-0.25, -0.2) is 0 Å². The molecule has 40 heavy (non-hydrogen) atoms. The van der Waals surface area contributed by atoms with Crippen molar-refractivity contribution in [2.75, 3.05) is 0 Å². The molecule has 0 aliphatic heterocycles. The van der Waals surface area contributed by atoms with Crippen LogP contribution in [0.15, 0.2) is 103 Å². The Hall–Kier alpha value is -2.44. The number of halogens is 2. The van der Waals surface area contributed by atoms with Crippen LogP contribution in [0.25, 0.3) is 14.4 Å². The van der Waals surface area contributed by atoms with Gasteiger partial charge in [0, 0.05) is 0 Å². The molecule has 3 aliphatic rings. The van der Waals surface area contributed by atoms with Crippen molar-refractivity contribution < 1.29 is 49.5 Å². The van der Waals surface area contributed by atoms with Crippen LogP contribution >= 0.6 is 0 Å². The molecule has 3 aliphatic carbocycles. The maximum atomic E-state index is 2.58. The summed E-state index contributed by atoms with van der Waals surface area (Å²) >= 11 is 1.51. The molecule has 4 aromatic carbocycles. The van der Waals surface area contributed by atoms with Crippen molar-refractivity contribution >= 4 is 14.4 Å². The average molecular weight is 638 g/mol. The van der Waals surface area contributed by atoms with Crippen LogP contribution in [-0.4, -0.2) is 0 Å². The molecule has 197 valence electrons. The third-order valence-electron chi connectivity index (χ3n) is 8.44. The van der Waals surface area contributed by atoms with Crippen LogP contribution < -0.4 is 35.3 Å². The Morgan fingerprint density at radius 1 is 0.625 bits per heavy atom. The van der Waals surface area contributed by atoms with Gasteiger partial charge in [0.05, 0.1) is 0 Å². The summed E-state index contributed by atoms with van der Waals surface area (Å²) in [6, 6.07) is 31.8. The number of fused-ring (bicyclic) bond motifs is 2. The van der Waals surface area contributed by atoms with Crippen LogP contribution in [0, 0.1) is 10.4 Å². The number of allylic oxidation sites excluding steroid dienone is 4. The van der Waals surface area contributed by atoms with E-state index in [1.807, 2.05) is 0 Å². The molecule has 0 radical (unpaired) electrons. The first-order valence-electron chi connectivity index (χ1n) is 14.0. The molecule has 0 saturated heterocycles.